The van der Waals surface area contributed by atoms with E-state index < -0.39 is 53.4 Å². The van der Waals surface area contributed by atoms with Crippen LogP contribution in [-0.4, -0.2) is 19.4 Å². The van der Waals surface area contributed by atoms with Crippen LogP contribution >= 0.6 is 0 Å². The van der Waals surface area contributed by atoms with E-state index in [9.17, 15) is 30.7 Å². The molecule has 0 amide bonds. The monoisotopic (exact) mass is 438 g/mol. The van der Waals surface area contributed by atoms with Crippen molar-refractivity contribution in [3.8, 4) is 0 Å². The summed E-state index contributed by atoms with van der Waals surface area (Å²) in [4.78, 5) is 0. The lowest BCUT2D eigenvalue weighted by Gasteiger charge is -2.34. The van der Waals surface area contributed by atoms with Gasteiger partial charge < -0.3 is 20.5 Å². The standard InChI is InChI=1S/C19H17F7N2O2/c20-14-3-1-10(2-4-14)15-17(29-6-5-28-15)30-16(27)11-7-12(18(21,22)23)9-13(8-11)19(24,25)26/h1-4,7-9,15-17,28H,5-6,27H2/t15-,16-,17+/m0/s1. The Bertz CT molecular complexity index is 836. The predicted molar refractivity (Wildman–Crippen MR) is 91.3 cm³/mol. The highest BCUT2D eigenvalue weighted by Crippen LogP contribution is 2.38. The fourth-order valence-corrected chi connectivity index (χ4v) is 3.01. The van der Waals surface area contributed by atoms with E-state index in [1.54, 1.807) is 0 Å². The summed E-state index contributed by atoms with van der Waals surface area (Å²) in [5.74, 6) is -0.478. The highest BCUT2D eigenvalue weighted by molar-refractivity contribution is 5.34. The third-order valence-corrected chi connectivity index (χ3v) is 4.47. The molecule has 0 aromatic heterocycles. The SMILES string of the molecule is N[C@@H](O[C@H]1OCCN[C@H]1c1ccc(F)cc1)c1cc(C(F)(F)F)cc(C(F)(F)F)c1. The number of nitrogens with two attached hydrogens (primary N) is 1. The van der Waals surface area contributed by atoms with Crippen LogP contribution in [0.4, 0.5) is 30.7 Å². The van der Waals surface area contributed by atoms with Gasteiger partial charge in [-0.1, -0.05) is 12.1 Å². The molecule has 0 spiro atoms. The Morgan fingerprint density at radius 1 is 0.967 bits per heavy atom. The van der Waals surface area contributed by atoms with Gasteiger partial charge in [0.1, 0.15) is 12.0 Å². The zero-order valence-electron chi connectivity index (χ0n) is 15.2. The Labute approximate surface area is 166 Å². The maximum absolute atomic E-state index is 13.2. The van der Waals surface area contributed by atoms with E-state index in [4.69, 9.17) is 15.2 Å². The van der Waals surface area contributed by atoms with Crippen molar-refractivity contribution in [3.05, 3.63) is 70.5 Å². The van der Waals surface area contributed by atoms with Crippen LogP contribution in [0.25, 0.3) is 0 Å². The zero-order valence-corrected chi connectivity index (χ0v) is 15.2. The van der Waals surface area contributed by atoms with Crippen molar-refractivity contribution in [2.75, 3.05) is 13.2 Å². The number of hydrogen-bond acceptors (Lipinski definition) is 4. The van der Waals surface area contributed by atoms with Gasteiger partial charge in [0.05, 0.1) is 23.8 Å². The van der Waals surface area contributed by atoms with E-state index >= 15 is 0 Å². The van der Waals surface area contributed by atoms with Crippen molar-refractivity contribution >= 4 is 0 Å². The second-order valence-electron chi connectivity index (χ2n) is 6.62. The summed E-state index contributed by atoms with van der Waals surface area (Å²) >= 11 is 0. The van der Waals surface area contributed by atoms with E-state index in [1.807, 2.05) is 0 Å². The Morgan fingerprint density at radius 2 is 1.53 bits per heavy atom. The van der Waals surface area contributed by atoms with Gasteiger partial charge >= 0.3 is 12.4 Å². The molecule has 1 aliphatic heterocycles. The van der Waals surface area contributed by atoms with Crippen molar-refractivity contribution in [2.45, 2.75) is 30.9 Å². The highest BCUT2D eigenvalue weighted by Gasteiger charge is 2.38. The molecule has 1 fully saturated rings. The predicted octanol–water partition coefficient (Wildman–Crippen LogP) is 4.52. The Hall–Kier alpha value is -2.21. The molecular formula is C19H17F7N2O2. The largest absolute Gasteiger partial charge is 0.416 e. The smallest absolute Gasteiger partial charge is 0.349 e. The second kappa shape index (κ2) is 8.50. The molecule has 3 rings (SSSR count). The summed E-state index contributed by atoms with van der Waals surface area (Å²) < 4.78 is 102. The summed E-state index contributed by atoms with van der Waals surface area (Å²) in [6.07, 6.45) is -12.8. The summed E-state index contributed by atoms with van der Waals surface area (Å²) in [7, 11) is 0. The maximum atomic E-state index is 13.2. The molecule has 0 radical (unpaired) electrons. The summed E-state index contributed by atoms with van der Waals surface area (Å²) in [5, 5.41) is 3.05. The Balaban J connectivity index is 1.88. The minimum absolute atomic E-state index is 0.0101. The van der Waals surface area contributed by atoms with E-state index in [2.05, 4.69) is 5.32 Å². The lowest BCUT2D eigenvalue weighted by atomic mass is 10.0. The lowest BCUT2D eigenvalue weighted by molar-refractivity contribution is -0.202. The minimum Gasteiger partial charge on any atom is -0.349 e. The molecule has 0 unspecified atom stereocenters. The molecule has 0 bridgehead atoms. The Kier molecular flexibility index (Phi) is 6.37. The quantitative estimate of drug-likeness (QED) is 0.544. The number of ether oxygens (including phenoxy) is 2. The fraction of sp³-hybridized carbons (Fsp3) is 0.368. The molecule has 4 nitrogen and oxygen atoms in total. The van der Waals surface area contributed by atoms with Gasteiger partial charge in [0, 0.05) is 6.54 Å². The molecule has 2 aromatic carbocycles. The second-order valence-corrected chi connectivity index (χ2v) is 6.62. The maximum Gasteiger partial charge on any atom is 0.416 e. The van der Waals surface area contributed by atoms with Gasteiger partial charge in [-0.05, 0) is 41.5 Å². The van der Waals surface area contributed by atoms with Gasteiger partial charge in [-0.25, -0.2) is 4.39 Å². The average molecular weight is 438 g/mol. The number of halogens is 7. The zero-order chi connectivity index (χ0) is 22.1. The Morgan fingerprint density at radius 3 is 2.07 bits per heavy atom. The van der Waals surface area contributed by atoms with Crippen LogP contribution in [0, 0.1) is 5.82 Å². The van der Waals surface area contributed by atoms with Gasteiger partial charge in [-0.3, -0.25) is 0 Å². The lowest BCUT2D eigenvalue weighted by Crippen LogP contribution is -2.44. The molecule has 3 N–H and O–H groups in total. The number of alkyl halides is 6. The van der Waals surface area contributed by atoms with Crippen molar-refractivity contribution < 1.29 is 40.2 Å². The fourth-order valence-electron chi connectivity index (χ4n) is 3.01. The first kappa shape index (κ1) is 22.5. The van der Waals surface area contributed by atoms with Crippen LogP contribution < -0.4 is 11.1 Å². The molecule has 1 aliphatic rings. The van der Waals surface area contributed by atoms with Crippen molar-refractivity contribution in [3.63, 3.8) is 0 Å². The number of hydrogen-bond donors (Lipinski definition) is 2. The molecule has 1 saturated heterocycles. The first-order valence-corrected chi connectivity index (χ1v) is 8.76. The highest BCUT2D eigenvalue weighted by atomic mass is 19.4. The molecular weight excluding hydrogens is 421 g/mol. The molecule has 3 atom stereocenters. The van der Waals surface area contributed by atoms with E-state index in [-0.39, 0.29) is 12.7 Å². The van der Waals surface area contributed by atoms with Gasteiger partial charge in [-0.2, -0.15) is 26.3 Å². The topological polar surface area (TPSA) is 56.5 Å². The molecule has 30 heavy (non-hydrogen) atoms. The van der Waals surface area contributed by atoms with E-state index in [0.717, 1.165) is 0 Å². The van der Waals surface area contributed by atoms with E-state index in [1.165, 1.54) is 24.3 Å². The minimum atomic E-state index is -5.00. The van der Waals surface area contributed by atoms with Gasteiger partial charge in [0.15, 0.2) is 6.29 Å². The van der Waals surface area contributed by atoms with Crippen LogP contribution in [0.1, 0.15) is 34.5 Å². The first-order chi connectivity index (χ1) is 13.9. The number of benzene rings is 2. The van der Waals surface area contributed by atoms with Gasteiger partial charge in [0.25, 0.3) is 0 Å². The van der Waals surface area contributed by atoms with Crippen molar-refractivity contribution in [2.24, 2.45) is 5.73 Å². The van der Waals surface area contributed by atoms with Crippen LogP contribution in [0.15, 0.2) is 42.5 Å². The molecule has 0 aliphatic carbocycles. The van der Waals surface area contributed by atoms with Crippen molar-refractivity contribution in [1.29, 1.82) is 0 Å². The average Bonchev–Trinajstić information content (AvgIpc) is 2.67. The van der Waals surface area contributed by atoms with Gasteiger partial charge in [-0.15, -0.1) is 0 Å². The third kappa shape index (κ3) is 5.28. The number of morpholine rings is 1. The van der Waals surface area contributed by atoms with E-state index in [0.29, 0.717) is 24.2 Å². The third-order valence-electron chi connectivity index (χ3n) is 4.47. The molecule has 164 valence electrons. The van der Waals surface area contributed by atoms with Crippen LogP contribution in [0.2, 0.25) is 0 Å². The molecule has 2 aromatic rings. The molecule has 11 heteroatoms. The normalized spacial score (nSPS) is 21.5. The van der Waals surface area contributed by atoms with Crippen LogP contribution in [0.5, 0.6) is 0 Å². The van der Waals surface area contributed by atoms with Crippen molar-refractivity contribution in [1.82, 2.24) is 5.32 Å². The molecule has 1 heterocycles. The van der Waals surface area contributed by atoms with Gasteiger partial charge in [0.2, 0.25) is 0 Å². The number of rotatable bonds is 4. The van der Waals surface area contributed by atoms with Crippen LogP contribution in [0.3, 0.4) is 0 Å². The number of nitrogens with one attached hydrogen (secondary N) is 1. The summed E-state index contributed by atoms with van der Waals surface area (Å²) in [6, 6.07) is 5.67. The summed E-state index contributed by atoms with van der Waals surface area (Å²) in [5.41, 5.74) is 2.84. The summed E-state index contributed by atoms with van der Waals surface area (Å²) in [6.45, 7) is 0.574. The van der Waals surface area contributed by atoms with Crippen LogP contribution in [-0.2, 0) is 21.8 Å². The first-order valence-electron chi connectivity index (χ1n) is 8.76. The molecule has 0 saturated carbocycles.